The molecule has 10 heteroatoms. The van der Waals surface area contributed by atoms with Gasteiger partial charge in [0.05, 0.1) is 29.4 Å². The molecule has 0 aromatic heterocycles. The number of para-hydroxylation sites is 2. The number of anilines is 2. The minimum atomic E-state index is -4.11. The van der Waals surface area contributed by atoms with E-state index in [1.54, 1.807) is 62.4 Å². The van der Waals surface area contributed by atoms with Crippen LogP contribution in [0.25, 0.3) is 0 Å². The zero-order chi connectivity index (χ0) is 26.1. The average molecular weight is 529 g/mol. The fourth-order valence-electron chi connectivity index (χ4n) is 3.35. The number of rotatable bonds is 11. The Kier molecular flexibility index (Phi) is 9.38. The lowest BCUT2D eigenvalue weighted by atomic mass is 10.2. The summed E-state index contributed by atoms with van der Waals surface area (Å²) in [6.45, 7) is 3.60. The molecule has 3 rings (SSSR count). The van der Waals surface area contributed by atoms with Crippen molar-refractivity contribution in [2.24, 2.45) is 0 Å². The fraction of sp³-hybridized carbons (Fsp3) is 0.231. The van der Waals surface area contributed by atoms with Crippen LogP contribution in [0.1, 0.15) is 24.2 Å². The summed E-state index contributed by atoms with van der Waals surface area (Å²) in [6, 6.07) is 19.3. The van der Waals surface area contributed by atoms with Gasteiger partial charge in [-0.25, -0.2) is 13.2 Å². The molecule has 0 spiro atoms. The molecule has 0 saturated carbocycles. The van der Waals surface area contributed by atoms with E-state index in [1.165, 1.54) is 36.0 Å². The fourth-order valence-corrected chi connectivity index (χ4v) is 5.19. The van der Waals surface area contributed by atoms with Crippen LogP contribution in [0.15, 0.2) is 82.6 Å². The highest BCUT2D eigenvalue weighted by atomic mass is 32.2. The number of ether oxygens (including phenoxy) is 2. The number of esters is 1. The van der Waals surface area contributed by atoms with Gasteiger partial charge >= 0.3 is 5.97 Å². The van der Waals surface area contributed by atoms with Gasteiger partial charge in [0.1, 0.15) is 12.3 Å². The van der Waals surface area contributed by atoms with E-state index in [0.717, 1.165) is 9.20 Å². The molecule has 3 aromatic carbocycles. The Labute approximate surface area is 215 Å². The second-order valence-corrected chi connectivity index (χ2v) is 10.2. The number of sulfonamides is 1. The van der Waals surface area contributed by atoms with E-state index in [2.05, 4.69) is 5.32 Å². The third-order valence-corrected chi connectivity index (χ3v) is 7.57. The van der Waals surface area contributed by atoms with Crippen LogP contribution >= 0.6 is 11.8 Å². The monoisotopic (exact) mass is 528 g/mol. The van der Waals surface area contributed by atoms with Gasteiger partial charge in [-0.15, -0.1) is 11.8 Å². The number of benzene rings is 3. The molecular weight excluding hydrogens is 500 g/mol. The summed E-state index contributed by atoms with van der Waals surface area (Å²) in [6.07, 6.45) is 1.90. The summed E-state index contributed by atoms with van der Waals surface area (Å²) < 4.78 is 39.0. The number of nitrogens with one attached hydrogen (secondary N) is 1. The minimum absolute atomic E-state index is 0.0539. The third-order valence-electron chi connectivity index (χ3n) is 5.05. The lowest BCUT2D eigenvalue weighted by Gasteiger charge is -2.26. The van der Waals surface area contributed by atoms with Gasteiger partial charge in [0.2, 0.25) is 5.91 Å². The molecule has 0 aliphatic carbocycles. The van der Waals surface area contributed by atoms with Crippen LogP contribution in [0.2, 0.25) is 0 Å². The van der Waals surface area contributed by atoms with E-state index in [9.17, 15) is 18.0 Å². The molecule has 190 valence electrons. The lowest BCUT2D eigenvalue weighted by molar-refractivity contribution is -0.114. The molecule has 3 aromatic rings. The van der Waals surface area contributed by atoms with E-state index in [0.29, 0.717) is 23.6 Å². The molecule has 8 nitrogen and oxygen atoms in total. The van der Waals surface area contributed by atoms with Crippen molar-refractivity contribution in [3.63, 3.8) is 0 Å². The van der Waals surface area contributed by atoms with Crippen LogP contribution in [0.5, 0.6) is 5.75 Å². The quantitative estimate of drug-likeness (QED) is 0.281. The number of hydrogen-bond donors (Lipinski definition) is 1. The van der Waals surface area contributed by atoms with Gasteiger partial charge in [-0.1, -0.05) is 12.1 Å². The molecule has 36 heavy (non-hydrogen) atoms. The highest BCUT2D eigenvalue weighted by molar-refractivity contribution is 7.98. The standard InChI is InChI=1S/C26H28N2O6S2/c1-4-33-24-9-7-6-8-23(24)28(36(31,32)22-16-14-21(35-3)15-17-22)18-25(29)27-20-12-10-19(11-13-20)26(30)34-5-2/h6-17H,4-5,18H2,1-3H3,(H,27,29). The van der Waals surface area contributed by atoms with Gasteiger partial charge in [-0.3, -0.25) is 9.10 Å². The number of nitrogens with zero attached hydrogens (tertiary/aromatic N) is 1. The van der Waals surface area contributed by atoms with E-state index >= 15 is 0 Å². The molecule has 1 N–H and O–H groups in total. The molecule has 0 fully saturated rings. The zero-order valence-electron chi connectivity index (χ0n) is 20.3. The predicted molar refractivity (Wildman–Crippen MR) is 141 cm³/mol. The Bertz CT molecular complexity index is 1290. The number of carbonyl (C=O) groups is 2. The van der Waals surface area contributed by atoms with Crippen LogP contribution in [0, 0.1) is 0 Å². The molecular formula is C26H28N2O6S2. The Hall–Kier alpha value is -3.50. The summed E-state index contributed by atoms with van der Waals surface area (Å²) in [4.78, 5) is 25.8. The minimum Gasteiger partial charge on any atom is -0.492 e. The first-order valence-corrected chi connectivity index (χ1v) is 13.9. The van der Waals surface area contributed by atoms with Crippen molar-refractivity contribution in [1.82, 2.24) is 0 Å². The smallest absolute Gasteiger partial charge is 0.338 e. The van der Waals surface area contributed by atoms with Gasteiger partial charge in [0, 0.05) is 10.6 Å². The number of amides is 1. The molecule has 0 aliphatic rings. The number of hydrogen-bond acceptors (Lipinski definition) is 7. The topological polar surface area (TPSA) is 102 Å². The van der Waals surface area contributed by atoms with E-state index in [1.807, 2.05) is 6.26 Å². The normalized spacial score (nSPS) is 11.0. The number of carbonyl (C=O) groups excluding carboxylic acids is 2. The molecule has 0 unspecified atom stereocenters. The molecule has 0 radical (unpaired) electrons. The summed E-state index contributed by atoms with van der Waals surface area (Å²) in [5.74, 6) is -0.682. The zero-order valence-corrected chi connectivity index (χ0v) is 21.9. The van der Waals surface area contributed by atoms with Gasteiger partial charge in [0.15, 0.2) is 0 Å². The highest BCUT2D eigenvalue weighted by Gasteiger charge is 2.29. The van der Waals surface area contributed by atoms with Crippen molar-refractivity contribution in [1.29, 1.82) is 0 Å². The maximum atomic E-state index is 13.7. The SMILES string of the molecule is CCOC(=O)c1ccc(NC(=O)CN(c2ccccc2OCC)S(=O)(=O)c2ccc(SC)cc2)cc1. The van der Waals surface area contributed by atoms with E-state index < -0.39 is 28.4 Å². The maximum absolute atomic E-state index is 13.7. The molecule has 0 bridgehead atoms. The molecule has 0 heterocycles. The Morgan fingerprint density at radius 1 is 0.917 bits per heavy atom. The van der Waals surface area contributed by atoms with Crippen molar-refractivity contribution < 1.29 is 27.5 Å². The molecule has 0 atom stereocenters. The third kappa shape index (κ3) is 6.58. The van der Waals surface area contributed by atoms with E-state index in [-0.39, 0.29) is 17.2 Å². The maximum Gasteiger partial charge on any atom is 0.338 e. The van der Waals surface area contributed by atoms with Crippen LogP contribution < -0.4 is 14.4 Å². The highest BCUT2D eigenvalue weighted by Crippen LogP contribution is 2.33. The predicted octanol–water partition coefficient (Wildman–Crippen LogP) is 4.82. The Balaban J connectivity index is 1.91. The number of thioether (sulfide) groups is 1. The van der Waals surface area contributed by atoms with Crippen molar-refractivity contribution in [3.05, 3.63) is 78.4 Å². The van der Waals surface area contributed by atoms with Crippen LogP contribution in [0.3, 0.4) is 0 Å². The summed E-state index contributed by atoms with van der Waals surface area (Å²) in [7, 11) is -4.11. The lowest BCUT2D eigenvalue weighted by Crippen LogP contribution is -2.38. The second kappa shape index (κ2) is 12.5. The van der Waals surface area contributed by atoms with Crippen LogP contribution in [0.4, 0.5) is 11.4 Å². The summed E-state index contributed by atoms with van der Waals surface area (Å²) in [5.41, 5.74) is 1.01. The van der Waals surface area contributed by atoms with Crippen LogP contribution in [-0.2, 0) is 19.6 Å². The van der Waals surface area contributed by atoms with E-state index in [4.69, 9.17) is 9.47 Å². The van der Waals surface area contributed by atoms with Gasteiger partial charge in [-0.05, 0) is 80.8 Å². The van der Waals surface area contributed by atoms with Crippen molar-refractivity contribution >= 4 is 45.0 Å². The summed E-state index contributed by atoms with van der Waals surface area (Å²) >= 11 is 1.50. The molecule has 1 amide bonds. The first-order chi connectivity index (χ1) is 17.3. The second-order valence-electron chi connectivity index (χ2n) is 7.43. The Morgan fingerprint density at radius 2 is 1.58 bits per heavy atom. The van der Waals surface area contributed by atoms with Gasteiger partial charge in [-0.2, -0.15) is 0 Å². The average Bonchev–Trinajstić information content (AvgIpc) is 2.88. The Morgan fingerprint density at radius 3 is 2.19 bits per heavy atom. The largest absolute Gasteiger partial charge is 0.492 e. The van der Waals surface area contributed by atoms with Gasteiger partial charge < -0.3 is 14.8 Å². The van der Waals surface area contributed by atoms with Crippen LogP contribution in [-0.4, -0.2) is 46.3 Å². The molecule has 0 saturated heterocycles. The van der Waals surface area contributed by atoms with Crippen molar-refractivity contribution in [2.45, 2.75) is 23.6 Å². The van der Waals surface area contributed by atoms with Crippen molar-refractivity contribution in [3.8, 4) is 5.75 Å². The first kappa shape index (κ1) is 27.1. The molecule has 0 aliphatic heterocycles. The summed E-state index contributed by atoms with van der Waals surface area (Å²) in [5, 5.41) is 2.69. The first-order valence-electron chi connectivity index (χ1n) is 11.3. The van der Waals surface area contributed by atoms with Gasteiger partial charge in [0.25, 0.3) is 10.0 Å². The van der Waals surface area contributed by atoms with Crippen molar-refractivity contribution in [2.75, 3.05) is 35.6 Å².